The number of rotatable bonds is 5. The fourth-order valence-corrected chi connectivity index (χ4v) is 1.96. The Bertz CT molecular complexity index is 599. The van der Waals surface area contributed by atoms with Gasteiger partial charge in [-0.25, -0.2) is 9.18 Å². The minimum absolute atomic E-state index is 0.235. The van der Waals surface area contributed by atoms with E-state index in [0.29, 0.717) is 24.2 Å². The van der Waals surface area contributed by atoms with Gasteiger partial charge in [-0.15, -0.1) is 0 Å². The molecule has 2 aromatic rings. The molecule has 2 aromatic carbocycles. The average Bonchev–Trinajstić information content (AvgIpc) is 2.49. The van der Waals surface area contributed by atoms with Crippen molar-refractivity contribution in [2.45, 2.75) is 13.1 Å². The van der Waals surface area contributed by atoms with E-state index in [1.54, 1.807) is 30.3 Å². The molecule has 0 unspecified atom stereocenters. The lowest BCUT2D eigenvalue weighted by Gasteiger charge is -2.09. The maximum atomic E-state index is 13.5. The molecule has 0 fully saturated rings. The van der Waals surface area contributed by atoms with Crippen molar-refractivity contribution in [1.29, 1.82) is 0 Å². The molecular weight excluding hydrogens is 257 g/mol. The fraction of sp³-hybridized carbons (Fsp3) is 0.188. The summed E-state index contributed by atoms with van der Waals surface area (Å²) in [7, 11) is 1.35. The number of carbonyl (C=O) groups excluding carboxylic acids is 1. The van der Waals surface area contributed by atoms with Gasteiger partial charge in [-0.1, -0.05) is 36.4 Å². The highest BCUT2D eigenvalue weighted by atomic mass is 19.1. The lowest BCUT2D eigenvalue weighted by molar-refractivity contribution is 0.0599. The van der Waals surface area contributed by atoms with Crippen molar-refractivity contribution in [2.24, 2.45) is 0 Å². The van der Waals surface area contributed by atoms with Crippen molar-refractivity contribution in [3.63, 3.8) is 0 Å². The Balaban J connectivity index is 2.01. The molecule has 2 rings (SSSR count). The van der Waals surface area contributed by atoms with Gasteiger partial charge in [-0.3, -0.25) is 0 Å². The summed E-state index contributed by atoms with van der Waals surface area (Å²) in [6.45, 7) is 0.877. The Morgan fingerprint density at radius 2 is 1.65 bits per heavy atom. The van der Waals surface area contributed by atoms with E-state index in [1.807, 2.05) is 12.1 Å². The fourth-order valence-electron chi connectivity index (χ4n) is 1.96. The first-order chi connectivity index (χ1) is 9.72. The van der Waals surface area contributed by atoms with Gasteiger partial charge < -0.3 is 10.1 Å². The minimum atomic E-state index is -0.367. The first-order valence-electron chi connectivity index (χ1n) is 6.32. The van der Waals surface area contributed by atoms with Crippen LogP contribution < -0.4 is 5.32 Å². The maximum Gasteiger partial charge on any atom is 0.338 e. The summed E-state index contributed by atoms with van der Waals surface area (Å²) in [6.07, 6.45) is 0. The van der Waals surface area contributed by atoms with Crippen LogP contribution in [0.4, 0.5) is 4.39 Å². The molecule has 0 bridgehead atoms. The summed E-state index contributed by atoms with van der Waals surface area (Å²) in [5.74, 6) is -0.602. The summed E-state index contributed by atoms with van der Waals surface area (Å²) in [5, 5.41) is 3.13. The Kier molecular flexibility index (Phi) is 4.85. The summed E-state index contributed by atoms with van der Waals surface area (Å²) >= 11 is 0. The molecular formula is C16H16FNO2. The van der Waals surface area contributed by atoms with E-state index in [1.165, 1.54) is 13.2 Å². The van der Waals surface area contributed by atoms with Crippen molar-refractivity contribution in [1.82, 2.24) is 5.32 Å². The molecule has 0 aliphatic carbocycles. The van der Waals surface area contributed by atoms with Crippen LogP contribution in [0.1, 0.15) is 21.5 Å². The number of carbonyl (C=O) groups is 1. The highest BCUT2D eigenvalue weighted by Crippen LogP contribution is 2.11. The lowest BCUT2D eigenvalue weighted by Crippen LogP contribution is -2.16. The molecule has 0 aliphatic heterocycles. The van der Waals surface area contributed by atoms with Crippen LogP contribution in [0.25, 0.3) is 0 Å². The second-order valence-corrected chi connectivity index (χ2v) is 4.34. The molecule has 0 radical (unpaired) electrons. The third kappa shape index (κ3) is 3.42. The third-order valence-corrected chi connectivity index (χ3v) is 3.01. The Morgan fingerprint density at radius 3 is 2.35 bits per heavy atom. The normalized spacial score (nSPS) is 10.3. The number of nitrogens with one attached hydrogen (secondary N) is 1. The Hall–Kier alpha value is -2.20. The van der Waals surface area contributed by atoms with Gasteiger partial charge in [-0.2, -0.15) is 0 Å². The largest absolute Gasteiger partial charge is 0.465 e. The molecule has 0 saturated carbocycles. The van der Waals surface area contributed by atoms with Crippen LogP contribution in [0.5, 0.6) is 0 Å². The average molecular weight is 273 g/mol. The maximum absolute atomic E-state index is 13.5. The van der Waals surface area contributed by atoms with Crippen LogP contribution in [0, 0.1) is 5.82 Å². The molecule has 104 valence electrons. The van der Waals surface area contributed by atoms with Crippen molar-refractivity contribution >= 4 is 5.97 Å². The zero-order chi connectivity index (χ0) is 14.4. The van der Waals surface area contributed by atoms with Crippen LogP contribution in [0.3, 0.4) is 0 Å². The van der Waals surface area contributed by atoms with Crippen LogP contribution in [0.2, 0.25) is 0 Å². The Labute approximate surface area is 117 Å². The highest BCUT2D eigenvalue weighted by Gasteiger charge is 2.10. The standard InChI is InChI=1S/C16H16FNO2/c1-20-16(19)14-8-4-2-6-12(14)10-18-11-13-7-3-5-9-15(13)17/h2-9,18H,10-11H2,1H3. The summed E-state index contributed by atoms with van der Waals surface area (Å²) in [4.78, 5) is 11.6. The first kappa shape index (κ1) is 14.2. The number of hydrogen-bond donors (Lipinski definition) is 1. The van der Waals surface area contributed by atoms with Gasteiger partial charge in [0.25, 0.3) is 0 Å². The van der Waals surface area contributed by atoms with Crippen molar-refractivity contribution in [2.75, 3.05) is 7.11 Å². The molecule has 4 heteroatoms. The summed E-state index contributed by atoms with van der Waals surface area (Å²) in [5.41, 5.74) is 1.95. The molecule has 0 aromatic heterocycles. The number of benzene rings is 2. The topological polar surface area (TPSA) is 38.3 Å². The summed E-state index contributed by atoms with van der Waals surface area (Å²) < 4.78 is 18.2. The first-order valence-corrected chi connectivity index (χ1v) is 6.32. The minimum Gasteiger partial charge on any atom is -0.465 e. The van der Waals surface area contributed by atoms with E-state index >= 15 is 0 Å². The number of halogens is 1. The molecule has 0 saturated heterocycles. The van der Waals surface area contributed by atoms with E-state index in [2.05, 4.69) is 5.32 Å². The SMILES string of the molecule is COC(=O)c1ccccc1CNCc1ccccc1F. The molecule has 1 N–H and O–H groups in total. The molecule has 0 heterocycles. The number of ether oxygens (including phenoxy) is 1. The van der Waals surface area contributed by atoms with Gasteiger partial charge in [0.1, 0.15) is 5.82 Å². The lowest BCUT2D eigenvalue weighted by atomic mass is 10.1. The van der Waals surface area contributed by atoms with Gasteiger partial charge in [0.15, 0.2) is 0 Å². The Morgan fingerprint density at radius 1 is 1.05 bits per heavy atom. The predicted molar refractivity (Wildman–Crippen MR) is 74.7 cm³/mol. The van der Waals surface area contributed by atoms with E-state index in [9.17, 15) is 9.18 Å². The second-order valence-electron chi connectivity index (χ2n) is 4.34. The van der Waals surface area contributed by atoms with E-state index in [4.69, 9.17) is 4.74 Å². The third-order valence-electron chi connectivity index (χ3n) is 3.01. The van der Waals surface area contributed by atoms with E-state index in [-0.39, 0.29) is 11.8 Å². The molecule has 0 atom stereocenters. The summed E-state index contributed by atoms with van der Waals surface area (Å²) in [6, 6.07) is 13.8. The van der Waals surface area contributed by atoms with Crippen LogP contribution in [-0.2, 0) is 17.8 Å². The zero-order valence-electron chi connectivity index (χ0n) is 11.2. The van der Waals surface area contributed by atoms with E-state index in [0.717, 1.165) is 5.56 Å². The molecule has 3 nitrogen and oxygen atoms in total. The van der Waals surface area contributed by atoms with Crippen LogP contribution >= 0.6 is 0 Å². The van der Waals surface area contributed by atoms with Gasteiger partial charge >= 0.3 is 5.97 Å². The van der Waals surface area contributed by atoms with Gasteiger partial charge in [0.05, 0.1) is 12.7 Å². The van der Waals surface area contributed by atoms with E-state index < -0.39 is 0 Å². The molecule has 0 amide bonds. The zero-order valence-corrected chi connectivity index (χ0v) is 11.2. The molecule has 20 heavy (non-hydrogen) atoms. The second kappa shape index (κ2) is 6.82. The predicted octanol–water partition coefficient (Wildman–Crippen LogP) is 2.90. The monoisotopic (exact) mass is 273 g/mol. The van der Waals surface area contributed by atoms with Gasteiger partial charge in [0.2, 0.25) is 0 Å². The highest BCUT2D eigenvalue weighted by molar-refractivity contribution is 5.90. The van der Waals surface area contributed by atoms with Crippen molar-refractivity contribution < 1.29 is 13.9 Å². The van der Waals surface area contributed by atoms with Crippen LogP contribution in [-0.4, -0.2) is 13.1 Å². The van der Waals surface area contributed by atoms with Crippen LogP contribution in [0.15, 0.2) is 48.5 Å². The number of esters is 1. The van der Waals surface area contributed by atoms with Gasteiger partial charge in [-0.05, 0) is 17.7 Å². The number of hydrogen-bond acceptors (Lipinski definition) is 3. The van der Waals surface area contributed by atoms with Crippen molar-refractivity contribution in [3.8, 4) is 0 Å². The number of methoxy groups -OCH3 is 1. The quantitative estimate of drug-likeness (QED) is 0.851. The van der Waals surface area contributed by atoms with Crippen molar-refractivity contribution in [3.05, 3.63) is 71.0 Å². The molecule has 0 spiro atoms. The van der Waals surface area contributed by atoms with Gasteiger partial charge in [0, 0.05) is 18.7 Å². The smallest absolute Gasteiger partial charge is 0.338 e. The molecule has 0 aliphatic rings.